The number of carbonyl (C=O) groups is 14. The number of aliphatic hydroxyl groups excluding tert-OH is 1. The third-order valence-electron chi connectivity index (χ3n) is 15.4. The summed E-state index contributed by atoms with van der Waals surface area (Å²) in [6.07, 6.45) is 0.558. The van der Waals surface area contributed by atoms with E-state index in [4.69, 9.17) is 34.4 Å². The van der Waals surface area contributed by atoms with Crippen LogP contribution in [0.15, 0.2) is 43.0 Å². The summed E-state index contributed by atoms with van der Waals surface area (Å²) in [4.78, 5) is 203. The van der Waals surface area contributed by atoms with Gasteiger partial charge in [0.1, 0.15) is 73.0 Å². The number of fused-ring (bicyclic) bond motifs is 1. The number of nitrogens with one attached hydrogen (secondary N) is 15. The molecule has 1 aliphatic rings. The van der Waals surface area contributed by atoms with Crippen molar-refractivity contribution in [1.82, 2.24) is 84.1 Å². The number of aromatic amines is 2. The zero-order valence-electron chi connectivity index (χ0n) is 56.5. The molecular weight excluding hydrogens is 1400 g/mol. The number of aliphatic carboxylic acids is 2. The fraction of sp³-hybridized carbons (Fsp3) is 0.583. The van der Waals surface area contributed by atoms with Crippen LogP contribution in [0.1, 0.15) is 82.9 Å². The minimum atomic E-state index is -1.95. The van der Waals surface area contributed by atoms with E-state index in [1.807, 2.05) is 0 Å². The Morgan fingerprint density at radius 2 is 1.11 bits per heavy atom. The van der Waals surface area contributed by atoms with Gasteiger partial charge >= 0.3 is 11.9 Å². The van der Waals surface area contributed by atoms with Gasteiger partial charge in [-0.2, -0.15) is 11.8 Å². The number of hydrogen-bond acceptors (Lipinski definition) is 26. The second-order valence-electron chi connectivity index (χ2n) is 24.2. The SMILES string of the molecule is CSCC[C@@H]1NC(=O)[C@H](CCCNC(N)N)NC(=O)[C@H](Cc2cnc[nH]2)NC(=O)[C@H](CC(N)=O)NC(=O)[C@H](CCC(=O)O)NC(=O)[C@H](CC(C)C)NC(=O)CNC(=O)[C@H](CCCNC(N)N)NC(=O)[C@H](Cc2c[nH]c3ccccc23)NC(=O)[C@H](CO)NC(=O)[C@@H](N)CSSC[C@@H](C(=O)O)NC1=O. The summed E-state index contributed by atoms with van der Waals surface area (Å²) in [6.45, 7) is 1.70. The van der Waals surface area contributed by atoms with Crippen molar-refractivity contribution < 1.29 is 82.4 Å². The smallest absolute Gasteiger partial charge is 0.327 e. The average Bonchev–Trinajstić information content (AvgIpc) is 1.62. The number of hydrogen-bond donors (Lipinski definition) is 24. The largest absolute Gasteiger partial charge is 0.481 e. The van der Waals surface area contributed by atoms with Gasteiger partial charge < -0.3 is 118 Å². The monoisotopic (exact) mass is 1490 g/mol. The van der Waals surface area contributed by atoms with Crippen LogP contribution < -0.4 is 104 Å². The van der Waals surface area contributed by atoms with Crippen LogP contribution >= 0.6 is 33.3 Å². The van der Waals surface area contributed by atoms with Crippen LogP contribution in [0.4, 0.5) is 0 Å². The van der Waals surface area contributed by atoms with Gasteiger partial charge in [0.2, 0.25) is 70.9 Å². The molecule has 4 rings (SSSR count). The van der Waals surface area contributed by atoms with Crippen molar-refractivity contribution in [3.63, 3.8) is 0 Å². The highest BCUT2D eigenvalue weighted by Gasteiger charge is 2.37. The lowest BCUT2D eigenvalue weighted by Gasteiger charge is -2.28. The Kier molecular flexibility index (Phi) is 37.5. The van der Waals surface area contributed by atoms with Crippen LogP contribution in [0.25, 0.3) is 10.9 Å². The molecule has 0 aliphatic carbocycles. The van der Waals surface area contributed by atoms with Gasteiger partial charge in [0.05, 0.1) is 31.9 Å². The molecule has 0 bridgehead atoms. The average molecular weight is 1490 g/mol. The Bertz CT molecular complexity index is 3310. The second kappa shape index (κ2) is 44.6. The van der Waals surface area contributed by atoms with Crippen LogP contribution in [0.3, 0.4) is 0 Å². The molecule has 1 aliphatic heterocycles. The first-order valence-electron chi connectivity index (χ1n) is 32.5. The number of imidazole rings is 1. The fourth-order valence-corrected chi connectivity index (χ4v) is 12.8. The minimum Gasteiger partial charge on any atom is -0.481 e. The summed E-state index contributed by atoms with van der Waals surface area (Å²) in [6, 6.07) is -10.7. The predicted molar refractivity (Wildman–Crippen MR) is 376 cm³/mol. The highest BCUT2D eigenvalue weighted by atomic mass is 33.1. The van der Waals surface area contributed by atoms with Crippen molar-refractivity contribution in [3.05, 3.63) is 54.2 Å². The van der Waals surface area contributed by atoms with Gasteiger partial charge in [-0.1, -0.05) is 53.6 Å². The molecule has 2 aromatic heterocycles. The van der Waals surface area contributed by atoms with E-state index in [-0.39, 0.29) is 86.9 Å². The van der Waals surface area contributed by atoms with Gasteiger partial charge in [-0.25, -0.2) is 9.78 Å². The Morgan fingerprint density at radius 1 is 0.608 bits per heavy atom. The van der Waals surface area contributed by atoms with E-state index in [0.29, 0.717) is 16.5 Å². The van der Waals surface area contributed by atoms with Crippen molar-refractivity contribution in [1.29, 1.82) is 0 Å². The zero-order chi connectivity index (χ0) is 75.6. The molecule has 1 saturated heterocycles. The first-order valence-corrected chi connectivity index (χ1v) is 36.4. The van der Waals surface area contributed by atoms with E-state index in [1.165, 1.54) is 24.3 Å². The number of rotatable bonds is 26. The van der Waals surface area contributed by atoms with Crippen molar-refractivity contribution in [2.24, 2.45) is 40.3 Å². The molecule has 0 spiro atoms. The molecule has 3 heterocycles. The minimum absolute atomic E-state index is 0.0725. The summed E-state index contributed by atoms with van der Waals surface area (Å²) >= 11 is 1.28. The molecule has 0 unspecified atom stereocenters. The molecule has 11 atom stereocenters. The Labute approximate surface area is 598 Å². The molecule has 566 valence electrons. The first-order chi connectivity index (χ1) is 48.4. The van der Waals surface area contributed by atoms with E-state index in [0.717, 1.165) is 21.6 Å². The van der Waals surface area contributed by atoms with E-state index in [2.05, 4.69) is 84.1 Å². The van der Waals surface area contributed by atoms with Crippen LogP contribution in [0.5, 0.6) is 0 Å². The maximum absolute atomic E-state index is 14.6. The van der Waals surface area contributed by atoms with Gasteiger partial charge in [0.25, 0.3) is 0 Å². The second-order valence-corrected chi connectivity index (χ2v) is 27.7. The Hall–Kier alpha value is -8.72. The number of primary amides is 1. The van der Waals surface area contributed by atoms with Crippen LogP contribution in [-0.2, 0) is 80.0 Å². The summed E-state index contributed by atoms with van der Waals surface area (Å²) < 4.78 is 0. The van der Waals surface area contributed by atoms with E-state index < -0.39 is 201 Å². The van der Waals surface area contributed by atoms with Crippen molar-refractivity contribution in [2.75, 3.05) is 49.8 Å². The number of carboxylic acid groups (broad SMARTS) is 2. The summed E-state index contributed by atoms with van der Waals surface area (Å²) in [5.41, 5.74) is 35.9. The Morgan fingerprint density at radius 3 is 1.66 bits per heavy atom. The quantitative estimate of drug-likeness (QED) is 0.0202. The van der Waals surface area contributed by atoms with Crippen LogP contribution in [0.2, 0.25) is 0 Å². The highest BCUT2D eigenvalue weighted by Crippen LogP contribution is 2.24. The fourth-order valence-electron chi connectivity index (χ4n) is 10.1. The number of aromatic nitrogens is 3. The summed E-state index contributed by atoms with van der Waals surface area (Å²) in [7, 11) is 1.79. The van der Waals surface area contributed by atoms with Gasteiger partial charge in [-0.3, -0.25) is 73.0 Å². The third-order valence-corrected chi connectivity index (χ3v) is 18.5. The molecule has 102 heavy (non-hydrogen) atoms. The molecule has 30 N–H and O–H groups in total. The van der Waals surface area contributed by atoms with Gasteiger partial charge in [-0.05, 0) is 87.6 Å². The molecular formula is C60H96N22O17S3. The molecule has 42 heteroatoms. The van der Waals surface area contributed by atoms with Crippen LogP contribution in [-0.4, -0.2) is 242 Å². The number of carboxylic acids is 2. The number of H-pyrrole nitrogens is 2. The zero-order valence-corrected chi connectivity index (χ0v) is 59.0. The number of nitrogens with two attached hydrogens (primary N) is 6. The normalized spacial score (nSPS) is 24.0. The number of para-hydroxylation sites is 1. The Balaban J connectivity index is 1.80. The molecule has 39 nitrogen and oxygen atoms in total. The van der Waals surface area contributed by atoms with E-state index in [9.17, 15) is 82.4 Å². The first kappa shape index (κ1) is 85.7. The van der Waals surface area contributed by atoms with Gasteiger partial charge in [0.15, 0.2) is 0 Å². The lowest BCUT2D eigenvalue weighted by molar-refractivity contribution is -0.141. The predicted octanol–water partition coefficient (Wildman–Crippen LogP) is -7.88. The molecule has 12 amide bonds. The summed E-state index contributed by atoms with van der Waals surface area (Å²) in [5.74, 6) is -16.2. The lowest BCUT2D eigenvalue weighted by atomic mass is 10.0. The molecule has 0 saturated carbocycles. The van der Waals surface area contributed by atoms with E-state index in [1.54, 1.807) is 50.6 Å². The summed E-state index contributed by atoms with van der Waals surface area (Å²) in [5, 5.41) is 63.9. The van der Waals surface area contributed by atoms with Crippen LogP contribution in [0, 0.1) is 5.92 Å². The van der Waals surface area contributed by atoms with Gasteiger partial charge in [0, 0.05) is 59.8 Å². The van der Waals surface area contributed by atoms with Crippen molar-refractivity contribution >= 4 is 127 Å². The highest BCUT2D eigenvalue weighted by molar-refractivity contribution is 8.76. The maximum atomic E-state index is 14.6. The topological polar surface area (TPSA) is 657 Å². The van der Waals surface area contributed by atoms with Gasteiger partial charge in [-0.15, -0.1) is 0 Å². The van der Waals surface area contributed by atoms with Crippen molar-refractivity contribution in [2.45, 2.75) is 164 Å². The van der Waals surface area contributed by atoms with Crippen molar-refractivity contribution in [3.8, 4) is 0 Å². The number of nitrogens with zero attached hydrogens (tertiary/aromatic N) is 1. The molecule has 1 fully saturated rings. The third kappa shape index (κ3) is 30.9. The maximum Gasteiger partial charge on any atom is 0.327 e. The molecule has 1 aromatic carbocycles. The number of thioether (sulfide) groups is 1. The van der Waals surface area contributed by atoms with E-state index >= 15 is 0 Å². The lowest BCUT2D eigenvalue weighted by Crippen LogP contribution is -2.61. The number of aliphatic hydroxyl groups is 1. The number of amides is 12. The standard InChI is InChI=1S/C60H96N22O17S3/c1-29(2)18-39-53(93)76-37(12-13-47(86)87)51(91)80-42(21-45(62)84)56(96)79-41(20-31-23-67-28-72-31)55(95)75-36(11-7-16-69-60(65)66)50(90)77-38(14-17-100-3)52(92)82-44(58(98)99)27-102-101-26-33(61)48(88)81-43(25-83)57(97)78-40(19-30-22-70-34-9-5-4-8-32(30)34)54(94)74-35(10-6-15-68-59(63)64)49(89)71-24-46(85)73-39/h4-5,8-9,22-23,28-29,33,35-44,59-60,68-70,83H,6-7,10-21,24-27,61,63-66H2,1-3H3,(H2,62,84)(H,67,72)(H,71,89)(H,73,85)(H,74,94)(H,75,95)(H,76,93)(H,77,90)(H,78,97)(H,79,96)(H,80,91)(H,81,88)(H,82,92)(H,86,87)(H,98,99)/t33-,35-,36-,37-,38-,39-,40-,41-,42-,43-,44-/m0/s1. The molecule has 0 radical (unpaired) electrons. The number of carbonyl (C=O) groups excluding carboxylic acids is 12. The number of benzene rings is 1. The molecule has 3 aromatic rings.